The third-order valence-corrected chi connectivity index (χ3v) is 5.66. The normalized spacial score (nSPS) is 20.5. The van der Waals surface area contributed by atoms with Crippen molar-refractivity contribution in [3.05, 3.63) is 29.6 Å². The van der Waals surface area contributed by atoms with Crippen LogP contribution in [0.25, 0.3) is 0 Å². The molecule has 3 rings (SSSR count). The number of halogens is 1. The SMILES string of the molecule is COc1ccc(CC(=O)NCC2(N3CCOCC3)CCCCC2)cc1F. The molecule has 0 spiro atoms. The molecule has 1 aromatic carbocycles. The molecule has 0 aromatic heterocycles. The predicted octanol–water partition coefficient (Wildman–Crippen LogP) is 2.53. The van der Waals surface area contributed by atoms with Gasteiger partial charge in [0.1, 0.15) is 0 Å². The summed E-state index contributed by atoms with van der Waals surface area (Å²) in [6.45, 7) is 4.05. The molecule has 0 atom stereocenters. The summed E-state index contributed by atoms with van der Waals surface area (Å²) in [5.41, 5.74) is 0.702. The quantitative estimate of drug-likeness (QED) is 0.843. The van der Waals surface area contributed by atoms with Gasteiger partial charge in [-0.25, -0.2) is 4.39 Å². The number of hydrogen-bond donors (Lipinski definition) is 1. The lowest BCUT2D eigenvalue weighted by Crippen LogP contribution is -2.59. The van der Waals surface area contributed by atoms with Crippen LogP contribution in [0.15, 0.2) is 18.2 Å². The number of benzene rings is 1. The Morgan fingerprint density at radius 3 is 2.65 bits per heavy atom. The van der Waals surface area contributed by atoms with Gasteiger partial charge >= 0.3 is 0 Å². The Balaban J connectivity index is 1.59. The van der Waals surface area contributed by atoms with E-state index in [4.69, 9.17) is 9.47 Å². The highest BCUT2D eigenvalue weighted by Gasteiger charge is 2.38. The van der Waals surface area contributed by atoms with Gasteiger partial charge in [0.15, 0.2) is 11.6 Å². The van der Waals surface area contributed by atoms with Gasteiger partial charge in [-0.3, -0.25) is 9.69 Å². The molecule has 0 bridgehead atoms. The van der Waals surface area contributed by atoms with Gasteiger partial charge in [0.05, 0.1) is 26.7 Å². The molecule has 1 saturated heterocycles. The van der Waals surface area contributed by atoms with Crippen LogP contribution in [0.1, 0.15) is 37.7 Å². The minimum Gasteiger partial charge on any atom is -0.494 e. The summed E-state index contributed by atoms with van der Waals surface area (Å²) in [5, 5.41) is 3.11. The average Bonchev–Trinajstić information content (AvgIpc) is 2.68. The average molecular weight is 364 g/mol. The van der Waals surface area contributed by atoms with Crippen LogP contribution in [0.5, 0.6) is 5.75 Å². The van der Waals surface area contributed by atoms with E-state index in [2.05, 4.69) is 10.2 Å². The maximum absolute atomic E-state index is 13.8. The first-order valence-electron chi connectivity index (χ1n) is 9.55. The van der Waals surface area contributed by atoms with Gasteiger partial charge in [-0.2, -0.15) is 0 Å². The molecule has 6 heteroatoms. The second-order valence-corrected chi connectivity index (χ2v) is 7.31. The van der Waals surface area contributed by atoms with E-state index in [0.29, 0.717) is 12.1 Å². The van der Waals surface area contributed by atoms with Crippen molar-refractivity contribution in [2.24, 2.45) is 0 Å². The summed E-state index contributed by atoms with van der Waals surface area (Å²) < 4.78 is 24.2. The minimum absolute atomic E-state index is 0.0445. The largest absolute Gasteiger partial charge is 0.494 e. The summed E-state index contributed by atoms with van der Waals surface area (Å²) in [6, 6.07) is 4.67. The molecule has 0 radical (unpaired) electrons. The summed E-state index contributed by atoms with van der Waals surface area (Å²) >= 11 is 0. The smallest absolute Gasteiger partial charge is 0.224 e. The number of nitrogens with zero attached hydrogens (tertiary/aromatic N) is 1. The van der Waals surface area contributed by atoms with Crippen molar-refractivity contribution in [3.63, 3.8) is 0 Å². The number of morpholine rings is 1. The number of hydrogen-bond acceptors (Lipinski definition) is 4. The fraction of sp³-hybridized carbons (Fsp3) is 0.650. The van der Waals surface area contributed by atoms with Crippen LogP contribution in [0.2, 0.25) is 0 Å². The Morgan fingerprint density at radius 2 is 2.00 bits per heavy atom. The molecule has 1 amide bonds. The van der Waals surface area contributed by atoms with Crippen LogP contribution in [0.4, 0.5) is 4.39 Å². The number of ether oxygens (including phenoxy) is 2. The van der Waals surface area contributed by atoms with Gasteiger partial charge in [-0.05, 0) is 30.5 Å². The fourth-order valence-corrected chi connectivity index (χ4v) is 4.18. The number of amides is 1. The van der Waals surface area contributed by atoms with Gasteiger partial charge < -0.3 is 14.8 Å². The van der Waals surface area contributed by atoms with Gasteiger partial charge in [-0.15, -0.1) is 0 Å². The van der Waals surface area contributed by atoms with Gasteiger partial charge in [0.2, 0.25) is 5.91 Å². The van der Waals surface area contributed by atoms with Gasteiger partial charge in [0.25, 0.3) is 0 Å². The molecule has 144 valence electrons. The zero-order valence-corrected chi connectivity index (χ0v) is 15.6. The summed E-state index contributed by atoms with van der Waals surface area (Å²) in [7, 11) is 1.43. The Morgan fingerprint density at radius 1 is 1.27 bits per heavy atom. The zero-order chi connectivity index (χ0) is 18.4. The summed E-state index contributed by atoms with van der Waals surface area (Å²) in [6.07, 6.45) is 6.09. The van der Waals surface area contributed by atoms with E-state index in [1.54, 1.807) is 12.1 Å². The van der Waals surface area contributed by atoms with Crippen LogP contribution < -0.4 is 10.1 Å². The highest BCUT2D eigenvalue weighted by Crippen LogP contribution is 2.33. The molecule has 26 heavy (non-hydrogen) atoms. The van der Waals surface area contributed by atoms with Crippen molar-refractivity contribution in [3.8, 4) is 5.75 Å². The number of rotatable bonds is 6. The monoisotopic (exact) mass is 364 g/mol. The highest BCUT2D eigenvalue weighted by molar-refractivity contribution is 5.78. The standard InChI is InChI=1S/C20H29FN2O3/c1-25-18-6-5-16(13-17(18)21)14-19(24)22-15-20(7-3-2-4-8-20)23-9-11-26-12-10-23/h5-6,13H,2-4,7-12,14-15H2,1H3,(H,22,24). The predicted molar refractivity (Wildman–Crippen MR) is 97.9 cm³/mol. The lowest BCUT2D eigenvalue weighted by atomic mass is 9.79. The molecule has 1 aliphatic heterocycles. The van der Waals surface area contributed by atoms with E-state index in [0.717, 1.165) is 39.1 Å². The Labute approximate surface area is 154 Å². The van der Waals surface area contributed by atoms with E-state index >= 15 is 0 Å². The van der Waals surface area contributed by atoms with Crippen LogP contribution in [-0.2, 0) is 16.0 Å². The molecule has 1 N–H and O–H groups in total. The zero-order valence-electron chi connectivity index (χ0n) is 15.6. The topological polar surface area (TPSA) is 50.8 Å². The minimum atomic E-state index is -0.435. The summed E-state index contributed by atoms with van der Waals surface area (Å²) in [4.78, 5) is 14.9. The molecular formula is C20H29FN2O3. The van der Waals surface area contributed by atoms with Crippen LogP contribution >= 0.6 is 0 Å². The number of nitrogens with one attached hydrogen (secondary N) is 1. The molecule has 1 aliphatic carbocycles. The highest BCUT2D eigenvalue weighted by atomic mass is 19.1. The molecule has 1 aromatic rings. The summed E-state index contributed by atoms with van der Waals surface area (Å²) in [5.74, 6) is -0.301. The van der Waals surface area contributed by atoms with Crippen molar-refractivity contribution in [2.75, 3.05) is 40.0 Å². The van der Waals surface area contributed by atoms with E-state index in [9.17, 15) is 9.18 Å². The maximum atomic E-state index is 13.8. The van der Waals surface area contributed by atoms with E-state index < -0.39 is 5.82 Å². The van der Waals surface area contributed by atoms with E-state index in [1.165, 1.54) is 32.4 Å². The second kappa shape index (κ2) is 8.82. The Bertz CT molecular complexity index is 611. The lowest BCUT2D eigenvalue weighted by Gasteiger charge is -2.48. The third-order valence-electron chi connectivity index (χ3n) is 5.66. The number of carbonyl (C=O) groups is 1. The molecule has 2 fully saturated rings. The van der Waals surface area contributed by atoms with E-state index in [1.807, 2.05) is 0 Å². The Hall–Kier alpha value is -1.66. The first kappa shape index (κ1) is 19.1. The fourth-order valence-electron chi connectivity index (χ4n) is 4.18. The molecule has 2 aliphatic rings. The number of carbonyl (C=O) groups excluding carboxylic acids is 1. The molecule has 5 nitrogen and oxygen atoms in total. The molecular weight excluding hydrogens is 335 g/mol. The Kier molecular flexibility index (Phi) is 6.48. The molecule has 1 heterocycles. The van der Waals surface area contributed by atoms with Crippen molar-refractivity contribution in [2.45, 2.75) is 44.1 Å². The van der Waals surface area contributed by atoms with Crippen LogP contribution in [0.3, 0.4) is 0 Å². The third kappa shape index (κ3) is 4.54. The first-order chi connectivity index (χ1) is 12.6. The molecule has 0 unspecified atom stereocenters. The second-order valence-electron chi connectivity index (χ2n) is 7.31. The maximum Gasteiger partial charge on any atom is 0.224 e. The molecule has 1 saturated carbocycles. The van der Waals surface area contributed by atoms with Gasteiger partial charge in [-0.1, -0.05) is 25.3 Å². The van der Waals surface area contributed by atoms with Gasteiger partial charge in [0, 0.05) is 25.2 Å². The first-order valence-corrected chi connectivity index (χ1v) is 9.55. The van der Waals surface area contributed by atoms with Crippen molar-refractivity contribution < 1.29 is 18.7 Å². The lowest BCUT2D eigenvalue weighted by molar-refractivity contribution is -0.121. The van der Waals surface area contributed by atoms with E-state index in [-0.39, 0.29) is 23.6 Å². The van der Waals surface area contributed by atoms with Crippen LogP contribution in [0, 0.1) is 5.82 Å². The van der Waals surface area contributed by atoms with Crippen molar-refractivity contribution >= 4 is 5.91 Å². The van der Waals surface area contributed by atoms with Crippen LogP contribution in [-0.4, -0.2) is 56.3 Å². The van der Waals surface area contributed by atoms with Crippen molar-refractivity contribution in [1.82, 2.24) is 10.2 Å². The van der Waals surface area contributed by atoms with Crippen molar-refractivity contribution in [1.29, 1.82) is 0 Å². The number of methoxy groups -OCH3 is 1.